The largest absolute Gasteiger partial charge is 0.323 e. The van der Waals surface area contributed by atoms with E-state index in [9.17, 15) is 0 Å². The predicted molar refractivity (Wildman–Crippen MR) is 65.7 cm³/mol. The number of hydrogen-bond donors (Lipinski definition) is 1. The van der Waals surface area contributed by atoms with Crippen molar-refractivity contribution in [3.63, 3.8) is 0 Å². The van der Waals surface area contributed by atoms with Crippen molar-refractivity contribution in [1.82, 2.24) is 5.32 Å². The van der Waals surface area contributed by atoms with Gasteiger partial charge in [-0.1, -0.05) is 35.4 Å². The van der Waals surface area contributed by atoms with Gasteiger partial charge in [-0.15, -0.1) is 24.8 Å². The number of hydrogen-bond acceptors (Lipinski definition) is 3. The van der Waals surface area contributed by atoms with Gasteiger partial charge in [-0.05, 0) is 14.1 Å². The van der Waals surface area contributed by atoms with Crippen LogP contribution in [0.5, 0.6) is 0 Å². The van der Waals surface area contributed by atoms with E-state index < -0.39 is 0 Å². The van der Waals surface area contributed by atoms with E-state index in [1.54, 1.807) is 0 Å². The molecule has 0 fully saturated rings. The van der Waals surface area contributed by atoms with E-state index in [1.807, 2.05) is 35.7 Å². The second kappa shape index (κ2) is 30.3. The second-order valence-corrected chi connectivity index (χ2v) is 4.35. The van der Waals surface area contributed by atoms with Crippen molar-refractivity contribution in [3.8, 4) is 0 Å². The average molecular weight is 240 g/mol. The Morgan fingerprint density at radius 3 is 1.18 bits per heavy atom. The molecule has 0 rings (SSSR count). The molecule has 1 nitrogen and oxygen atoms in total. The maximum Gasteiger partial charge on any atom is 0.000844 e. The van der Waals surface area contributed by atoms with Crippen molar-refractivity contribution < 1.29 is 0 Å². The normalized spacial score (nSPS) is 6.55. The maximum atomic E-state index is 2.75. The Morgan fingerprint density at radius 2 is 1.09 bits per heavy atom. The van der Waals surface area contributed by atoms with Crippen LogP contribution >= 0.6 is 46.4 Å². The van der Waals surface area contributed by atoms with Crippen molar-refractivity contribution in [2.75, 3.05) is 25.6 Å². The Bertz CT molecular complexity index is 37.8. The van der Waals surface area contributed by atoms with Gasteiger partial charge in [0.1, 0.15) is 0 Å². The van der Waals surface area contributed by atoms with E-state index in [2.05, 4.69) is 19.2 Å². The molecule has 5 heteroatoms. The molecule has 11 heavy (non-hydrogen) atoms. The number of nitrogens with one attached hydrogen (secondary N) is 1. The van der Waals surface area contributed by atoms with Gasteiger partial charge in [0.05, 0.1) is 0 Å². The molecule has 0 aromatic carbocycles. The molecule has 0 aliphatic heterocycles. The van der Waals surface area contributed by atoms with Crippen molar-refractivity contribution in [3.05, 3.63) is 0 Å². The SMILES string of the molecule is CCSSCC.CNC.Cl.Cl. The number of rotatable bonds is 3. The maximum absolute atomic E-state index is 2.75. The standard InChI is InChI=1S/C4H10S2.C2H7N.2ClH/c1-3-5-6-4-2;1-3-2;;/h3-4H2,1-2H3;3H,1-2H3;2*1H. The Labute approximate surface area is 91.1 Å². The minimum Gasteiger partial charge on any atom is -0.323 e. The number of halogens is 2. The minimum absolute atomic E-state index is 0. The smallest absolute Gasteiger partial charge is 0.000844 e. The highest BCUT2D eigenvalue weighted by Gasteiger charge is 1.75. The molecular weight excluding hydrogens is 221 g/mol. The zero-order chi connectivity index (χ0) is 7.54. The average Bonchev–Trinajstić information content (AvgIpc) is 1.86. The molecular formula is C6H19Cl2NS2. The molecule has 0 aliphatic rings. The molecule has 0 aromatic rings. The van der Waals surface area contributed by atoms with Gasteiger partial charge in [0.15, 0.2) is 0 Å². The van der Waals surface area contributed by atoms with Gasteiger partial charge in [0, 0.05) is 11.5 Å². The van der Waals surface area contributed by atoms with Crippen LogP contribution in [-0.4, -0.2) is 25.6 Å². The zero-order valence-electron chi connectivity index (χ0n) is 7.55. The Kier molecular flexibility index (Phi) is 62.7. The van der Waals surface area contributed by atoms with Gasteiger partial charge in [-0.25, -0.2) is 0 Å². The molecule has 74 valence electrons. The first-order valence-corrected chi connectivity index (χ1v) is 5.65. The zero-order valence-corrected chi connectivity index (χ0v) is 10.8. The van der Waals surface area contributed by atoms with Gasteiger partial charge in [0.25, 0.3) is 0 Å². The molecule has 0 bridgehead atoms. The summed E-state index contributed by atoms with van der Waals surface area (Å²) in [6, 6.07) is 0. The first-order chi connectivity index (χ1) is 4.33. The fourth-order valence-corrected chi connectivity index (χ4v) is 1.50. The first kappa shape index (κ1) is 22.8. The highest BCUT2D eigenvalue weighted by atomic mass is 35.5. The van der Waals surface area contributed by atoms with Crippen molar-refractivity contribution in [2.45, 2.75) is 13.8 Å². The van der Waals surface area contributed by atoms with E-state index in [0.717, 1.165) is 0 Å². The van der Waals surface area contributed by atoms with E-state index >= 15 is 0 Å². The molecule has 0 saturated carbocycles. The summed E-state index contributed by atoms with van der Waals surface area (Å²) in [5.74, 6) is 2.47. The highest BCUT2D eigenvalue weighted by Crippen LogP contribution is 2.18. The third-order valence-electron chi connectivity index (χ3n) is 0.319. The molecule has 0 spiro atoms. The Balaban J connectivity index is -0.0000000437. The molecule has 0 aliphatic carbocycles. The van der Waals surface area contributed by atoms with Crippen LogP contribution < -0.4 is 5.32 Å². The van der Waals surface area contributed by atoms with Gasteiger partial charge in [-0.2, -0.15) is 0 Å². The Hall–Kier alpha value is 1.24. The van der Waals surface area contributed by atoms with Gasteiger partial charge < -0.3 is 5.32 Å². The van der Waals surface area contributed by atoms with Crippen LogP contribution in [0.2, 0.25) is 0 Å². The molecule has 1 N–H and O–H groups in total. The monoisotopic (exact) mass is 239 g/mol. The topological polar surface area (TPSA) is 12.0 Å². The lowest BCUT2D eigenvalue weighted by Crippen LogP contribution is -1.89. The molecule has 0 atom stereocenters. The van der Waals surface area contributed by atoms with E-state index in [1.165, 1.54) is 11.5 Å². The lowest BCUT2D eigenvalue weighted by molar-refractivity contribution is 1.02. The molecule has 0 unspecified atom stereocenters. The summed E-state index contributed by atoms with van der Waals surface area (Å²) < 4.78 is 0. The quantitative estimate of drug-likeness (QED) is 0.601. The summed E-state index contributed by atoms with van der Waals surface area (Å²) in [6.07, 6.45) is 0. The summed E-state index contributed by atoms with van der Waals surface area (Å²) in [6.45, 7) is 4.35. The van der Waals surface area contributed by atoms with Crippen molar-refractivity contribution >= 4 is 46.4 Å². The van der Waals surface area contributed by atoms with Gasteiger partial charge >= 0.3 is 0 Å². The fourth-order valence-electron chi connectivity index (χ4n) is 0.167. The molecule has 0 heterocycles. The van der Waals surface area contributed by atoms with E-state index in [0.29, 0.717) is 0 Å². The minimum atomic E-state index is 0. The van der Waals surface area contributed by atoms with Crippen LogP contribution in [0.4, 0.5) is 0 Å². The molecule has 0 amide bonds. The van der Waals surface area contributed by atoms with Crippen LogP contribution in [0.1, 0.15) is 13.8 Å². The fraction of sp³-hybridized carbons (Fsp3) is 1.00. The van der Waals surface area contributed by atoms with Crippen LogP contribution in [0, 0.1) is 0 Å². The predicted octanol–water partition coefficient (Wildman–Crippen LogP) is 3.09. The molecule has 0 radical (unpaired) electrons. The van der Waals surface area contributed by atoms with Gasteiger partial charge in [0.2, 0.25) is 0 Å². The van der Waals surface area contributed by atoms with Crippen molar-refractivity contribution in [1.29, 1.82) is 0 Å². The molecule has 0 saturated heterocycles. The van der Waals surface area contributed by atoms with Crippen LogP contribution in [0.3, 0.4) is 0 Å². The molecule has 0 aromatic heterocycles. The van der Waals surface area contributed by atoms with Crippen LogP contribution in [0.15, 0.2) is 0 Å². The second-order valence-electron chi connectivity index (χ2n) is 1.31. The lowest BCUT2D eigenvalue weighted by atomic mass is 11.0. The first-order valence-electron chi connectivity index (χ1n) is 3.16. The summed E-state index contributed by atoms with van der Waals surface area (Å²) in [4.78, 5) is 0. The summed E-state index contributed by atoms with van der Waals surface area (Å²) in [5, 5.41) is 2.75. The summed E-state index contributed by atoms with van der Waals surface area (Å²) >= 11 is 0. The van der Waals surface area contributed by atoms with E-state index in [4.69, 9.17) is 0 Å². The van der Waals surface area contributed by atoms with Crippen molar-refractivity contribution in [2.24, 2.45) is 0 Å². The lowest BCUT2D eigenvalue weighted by Gasteiger charge is -1.86. The van der Waals surface area contributed by atoms with E-state index in [-0.39, 0.29) is 24.8 Å². The third-order valence-corrected chi connectivity index (χ3v) is 2.87. The summed E-state index contributed by atoms with van der Waals surface area (Å²) in [5.41, 5.74) is 0. The Morgan fingerprint density at radius 1 is 0.909 bits per heavy atom. The third kappa shape index (κ3) is 53.4. The van der Waals surface area contributed by atoms with Crippen LogP contribution in [-0.2, 0) is 0 Å². The summed E-state index contributed by atoms with van der Waals surface area (Å²) in [7, 11) is 7.60. The van der Waals surface area contributed by atoms with Crippen LogP contribution in [0.25, 0.3) is 0 Å². The highest BCUT2D eigenvalue weighted by molar-refractivity contribution is 8.76. The van der Waals surface area contributed by atoms with Gasteiger partial charge in [-0.3, -0.25) is 0 Å².